The van der Waals surface area contributed by atoms with Crippen LogP contribution in [0.1, 0.15) is 16.7 Å². The zero-order chi connectivity index (χ0) is 20.1. The van der Waals surface area contributed by atoms with Crippen LogP contribution in [0.15, 0.2) is 85.3 Å². The molecule has 0 saturated carbocycles. The summed E-state index contributed by atoms with van der Waals surface area (Å²) in [5.74, 6) is 1.69. The second kappa shape index (κ2) is 8.52. The van der Waals surface area contributed by atoms with E-state index >= 15 is 0 Å². The maximum atomic E-state index is 5.31. The lowest BCUT2D eigenvalue weighted by atomic mass is 9.99. The number of benzene rings is 2. The molecule has 5 nitrogen and oxygen atoms in total. The van der Waals surface area contributed by atoms with E-state index in [2.05, 4.69) is 52.0 Å². The summed E-state index contributed by atoms with van der Waals surface area (Å²) in [5, 5.41) is 2.08. The third kappa shape index (κ3) is 4.24. The Labute approximate surface area is 170 Å². The van der Waals surface area contributed by atoms with Gasteiger partial charge < -0.3 is 9.47 Å². The van der Waals surface area contributed by atoms with E-state index in [9.17, 15) is 0 Å². The minimum Gasteiger partial charge on any atom is -0.497 e. The van der Waals surface area contributed by atoms with Crippen LogP contribution >= 0.6 is 0 Å². The highest BCUT2D eigenvalue weighted by molar-refractivity contribution is 5.95. The number of hydrogen-bond donors (Lipinski definition) is 1. The number of hydrogen-bond acceptors (Lipinski definition) is 5. The minimum atomic E-state index is 0.726. The molecule has 0 saturated heterocycles. The molecule has 4 rings (SSSR count). The SMILES string of the molecule is COc1ccc(CN2C=CC(c3ccncc3)=C(c3ccc(OC)cc3)N2)cc1. The summed E-state index contributed by atoms with van der Waals surface area (Å²) < 4.78 is 10.6. The molecule has 1 aromatic heterocycles. The summed E-state index contributed by atoms with van der Waals surface area (Å²) >= 11 is 0. The van der Waals surface area contributed by atoms with Gasteiger partial charge in [-0.15, -0.1) is 0 Å². The lowest BCUT2D eigenvalue weighted by Crippen LogP contribution is -2.34. The van der Waals surface area contributed by atoms with E-state index in [-0.39, 0.29) is 0 Å². The number of pyridine rings is 1. The summed E-state index contributed by atoms with van der Waals surface area (Å²) in [5.41, 5.74) is 9.10. The number of hydrazine groups is 1. The van der Waals surface area contributed by atoms with Gasteiger partial charge in [-0.25, -0.2) is 0 Å². The van der Waals surface area contributed by atoms with E-state index in [4.69, 9.17) is 9.47 Å². The Morgan fingerprint density at radius 1 is 0.793 bits per heavy atom. The first-order valence-electron chi connectivity index (χ1n) is 9.40. The molecule has 146 valence electrons. The highest BCUT2D eigenvalue weighted by atomic mass is 16.5. The molecule has 0 unspecified atom stereocenters. The van der Waals surface area contributed by atoms with Crippen molar-refractivity contribution in [3.8, 4) is 11.5 Å². The number of rotatable bonds is 6. The van der Waals surface area contributed by atoms with Crippen molar-refractivity contribution >= 4 is 11.3 Å². The molecule has 1 N–H and O–H groups in total. The minimum absolute atomic E-state index is 0.726. The molecule has 0 atom stereocenters. The van der Waals surface area contributed by atoms with Crippen molar-refractivity contribution < 1.29 is 9.47 Å². The van der Waals surface area contributed by atoms with E-state index in [1.165, 1.54) is 5.56 Å². The zero-order valence-electron chi connectivity index (χ0n) is 16.5. The standard InChI is InChI=1S/C24H23N3O2/c1-28-21-7-3-18(4-8-21)17-27-16-13-23(19-11-14-25-15-12-19)24(26-27)20-5-9-22(29-2)10-6-20/h3-16,26H,17H2,1-2H3. The molecule has 29 heavy (non-hydrogen) atoms. The largest absolute Gasteiger partial charge is 0.497 e. The van der Waals surface area contributed by atoms with E-state index in [1.807, 2.05) is 48.8 Å². The fraction of sp³-hybridized carbons (Fsp3) is 0.125. The highest BCUT2D eigenvalue weighted by Gasteiger charge is 2.17. The van der Waals surface area contributed by atoms with Crippen molar-refractivity contribution in [3.05, 3.63) is 102 Å². The van der Waals surface area contributed by atoms with E-state index in [0.717, 1.165) is 40.4 Å². The third-order valence-corrected chi connectivity index (χ3v) is 4.83. The number of nitrogens with one attached hydrogen (secondary N) is 1. The van der Waals surface area contributed by atoms with Crippen LogP contribution in [0.5, 0.6) is 11.5 Å². The van der Waals surface area contributed by atoms with Gasteiger partial charge in [0, 0.05) is 29.7 Å². The quantitative estimate of drug-likeness (QED) is 0.677. The molecule has 0 fully saturated rings. The summed E-state index contributed by atoms with van der Waals surface area (Å²) in [6.45, 7) is 0.726. The van der Waals surface area contributed by atoms with Gasteiger partial charge in [0.15, 0.2) is 0 Å². The van der Waals surface area contributed by atoms with Crippen LogP contribution in [-0.4, -0.2) is 24.2 Å². The molecular formula is C24H23N3O2. The topological polar surface area (TPSA) is 46.6 Å². The lowest BCUT2D eigenvalue weighted by molar-refractivity contribution is 0.314. The Morgan fingerprint density at radius 3 is 2.03 bits per heavy atom. The Kier molecular flexibility index (Phi) is 5.47. The zero-order valence-corrected chi connectivity index (χ0v) is 16.5. The third-order valence-electron chi connectivity index (χ3n) is 4.83. The van der Waals surface area contributed by atoms with Gasteiger partial charge in [-0.3, -0.25) is 15.4 Å². The van der Waals surface area contributed by atoms with Gasteiger partial charge >= 0.3 is 0 Å². The molecule has 3 aromatic rings. The smallest absolute Gasteiger partial charge is 0.118 e. The fourth-order valence-electron chi connectivity index (χ4n) is 3.26. The maximum Gasteiger partial charge on any atom is 0.118 e. The molecule has 0 bridgehead atoms. The molecule has 2 aromatic carbocycles. The Morgan fingerprint density at radius 2 is 1.41 bits per heavy atom. The maximum absolute atomic E-state index is 5.31. The van der Waals surface area contributed by atoms with Crippen molar-refractivity contribution in [2.45, 2.75) is 6.54 Å². The molecule has 0 spiro atoms. The van der Waals surface area contributed by atoms with Crippen LogP contribution in [-0.2, 0) is 6.54 Å². The number of aromatic nitrogens is 1. The van der Waals surface area contributed by atoms with Gasteiger partial charge in [0.2, 0.25) is 0 Å². The van der Waals surface area contributed by atoms with Gasteiger partial charge in [0.05, 0.1) is 26.5 Å². The molecule has 1 aliphatic heterocycles. The van der Waals surface area contributed by atoms with E-state index < -0.39 is 0 Å². The summed E-state index contributed by atoms with van der Waals surface area (Å²) in [7, 11) is 3.35. The van der Waals surface area contributed by atoms with Crippen LogP contribution < -0.4 is 14.9 Å². The van der Waals surface area contributed by atoms with Crippen LogP contribution in [0.4, 0.5) is 0 Å². The van der Waals surface area contributed by atoms with Gasteiger partial charge in [-0.2, -0.15) is 0 Å². The number of allylic oxidation sites excluding steroid dienone is 2. The second-order valence-electron chi connectivity index (χ2n) is 6.66. The molecule has 0 aliphatic carbocycles. The first-order valence-corrected chi connectivity index (χ1v) is 9.40. The van der Waals surface area contributed by atoms with Crippen molar-refractivity contribution in [1.29, 1.82) is 0 Å². The summed E-state index contributed by atoms with van der Waals surface area (Å²) in [4.78, 5) is 4.14. The molecule has 5 heteroatoms. The summed E-state index contributed by atoms with van der Waals surface area (Å²) in [6, 6.07) is 20.2. The normalized spacial score (nSPS) is 13.2. The Balaban J connectivity index is 1.64. The first kappa shape index (κ1) is 18.6. The van der Waals surface area contributed by atoms with Crippen LogP contribution in [0, 0.1) is 0 Å². The van der Waals surface area contributed by atoms with Crippen LogP contribution in [0.3, 0.4) is 0 Å². The van der Waals surface area contributed by atoms with Crippen LogP contribution in [0.2, 0.25) is 0 Å². The number of nitrogens with zero attached hydrogens (tertiary/aromatic N) is 2. The Bertz CT molecular complexity index is 1010. The average molecular weight is 385 g/mol. The molecule has 0 amide bonds. The highest BCUT2D eigenvalue weighted by Crippen LogP contribution is 2.30. The monoisotopic (exact) mass is 385 g/mol. The van der Waals surface area contributed by atoms with Gasteiger partial charge in [-0.1, -0.05) is 12.1 Å². The number of ether oxygens (including phenoxy) is 2. The van der Waals surface area contributed by atoms with Gasteiger partial charge in [0.25, 0.3) is 0 Å². The Hall–Kier alpha value is -3.73. The predicted molar refractivity (Wildman–Crippen MR) is 115 cm³/mol. The van der Waals surface area contributed by atoms with Gasteiger partial charge in [0.1, 0.15) is 11.5 Å². The van der Waals surface area contributed by atoms with Crippen molar-refractivity contribution in [3.63, 3.8) is 0 Å². The predicted octanol–water partition coefficient (Wildman–Crippen LogP) is 4.50. The molecular weight excluding hydrogens is 362 g/mol. The molecule has 0 radical (unpaired) electrons. The van der Waals surface area contributed by atoms with Gasteiger partial charge in [-0.05, 0) is 65.7 Å². The fourth-order valence-corrected chi connectivity index (χ4v) is 3.26. The van der Waals surface area contributed by atoms with Crippen LogP contribution in [0.25, 0.3) is 11.3 Å². The average Bonchev–Trinajstić information content (AvgIpc) is 2.80. The van der Waals surface area contributed by atoms with Crippen molar-refractivity contribution in [1.82, 2.24) is 15.4 Å². The first-order chi connectivity index (χ1) is 14.3. The van der Waals surface area contributed by atoms with Crippen molar-refractivity contribution in [2.24, 2.45) is 0 Å². The lowest BCUT2D eigenvalue weighted by Gasteiger charge is -2.30. The molecule has 2 heterocycles. The summed E-state index contributed by atoms with van der Waals surface area (Å²) in [6.07, 6.45) is 7.82. The van der Waals surface area contributed by atoms with E-state index in [0.29, 0.717) is 0 Å². The van der Waals surface area contributed by atoms with Crippen molar-refractivity contribution in [2.75, 3.05) is 14.2 Å². The second-order valence-corrected chi connectivity index (χ2v) is 6.66. The molecule has 1 aliphatic rings. The van der Waals surface area contributed by atoms with E-state index in [1.54, 1.807) is 14.2 Å². The number of methoxy groups -OCH3 is 2.